The number of halogens is 1. The molecule has 0 spiro atoms. The molecule has 1 fully saturated rings. The monoisotopic (exact) mass is 289 g/mol. The summed E-state index contributed by atoms with van der Waals surface area (Å²) in [6.07, 6.45) is 4.20. The van der Waals surface area contributed by atoms with Gasteiger partial charge in [0.05, 0.1) is 0 Å². The SMILES string of the molecule is CC(C)(C)C(CBr)CN1CCCCCC1=O. The van der Waals surface area contributed by atoms with E-state index >= 15 is 0 Å². The molecule has 0 aromatic rings. The molecule has 1 saturated heterocycles. The molecule has 0 aromatic carbocycles. The summed E-state index contributed by atoms with van der Waals surface area (Å²) in [5.41, 5.74) is 0.260. The lowest BCUT2D eigenvalue weighted by Crippen LogP contribution is -2.39. The molecule has 1 aliphatic rings. The van der Waals surface area contributed by atoms with Crippen LogP contribution in [0.4, 0.5) is 0 Å². The molecular formula is C13H24BrNO. The van der Waals surface area contributed by atoms with E-state index in [0.29, 0.717) is 11.8 Å². The average molecular weight is 290 g/mol. The Bertz CT molecular complexity index is 235. The van der Waals surface area contributed by atoms with Crippen molar-refractivity contribution < 1.29 is 4.79 Å². The molecule has 1 heterocycles. The van der Waals surface area contributed by atoms with Gasteiger partial charge in [-0.3, -0.25) is 4.79 Å². The van der Waals surface area contributed by atoms with Gasteiger partial charge >= 0.3 is 0 Å². The molecule has 2 nitrogen and oxygen atoms in total. The molecule has 0 aliphatic carbocycles. The van der Waals surface area contributed by atoms with Gasteiger partial charge in [-0.2, -0.15) is 0 Å². The van der Waals surface area contributed by atoms with Gasteiger partial charge in [-0.05, 0) is 24.2 Å². The Morgan fingerprint density at radius 2 is 2.00 bits per heavy atom. The Morgan fingerprint density at radius 3 is 2.56 bits per heavy atom. The van der Waals surface area contributed by atoms with Crippen molar-refractivity contribution in [3.63, 3.8) is 0 Å². The van der Waals surface area contributed by atoms with Crippen LogP contribution in [0.2, 0.25) is 0 Å². The van der Waals surface area contributed by atoms with Crippen LogP contribution in [0, 0.1) is 11.3 Å². The van der Waals surface area contributed by atoms with Crippen LogP contribution in [0.5, 0.6) is 0 Å². The van der Waals surface area contributed by atoms with E-state index in [1.54, 1.807) is 0 Å². The van der Waals surface area contributed by atoms with E-state index in [0.717, 1.165) is 31.3 Å². The molecule has 1 aliphatic heterocycles. The van der Waals surface area contributed by atoms with Crippen molar-refractivity contribution in [3.05, 3.63) is 0 Å². The van der Waals surface area contributed by atoms with Gasteiger partial charge in [0.2, 0.25) is 5.91 Å². The fraction of sp³-hybridized carbons (Fsp3) is 0.923. The minimum Gasteiger partial charge on any atom is -0.342 e. The van der Waals surface area contributed by atoms with Gasteiger partial charge in [0.25, 0.3) is 0 Å². The van der Waals surface area contributed by atoms with Gasteiger partial charge in [-0.15, -0.1) is 0 Å². The van der Waals surface area contributed by atoms with E-state index in [2.05, 4.69) is 41.6 Å². The van der Waals surface area contributed by atoms with Crippen molar-refractivity contribution in [2.24, 2.45) is 11.3 Å². The molecule has 1 amide bonds. The minimum atomic E-state index is 0.260. The lowest BCUT2D eigenvalue weighted by atomic mass is 9.81. The first kappa shape index (κ1) is 14.0. The van der Waals surface area contributed by atoms with Gasteiger partial charge in [-0.1, -0.05) is 43.1 Å². The van der Waals surface area contributed by atoms with Crippen molar-refractivity contribution in [3.8, 4) is 0 Å². The number of likely N-dealkylation sites (tertiary alicyclic amines) is 1. The van der Waals surface area contributed by atoms with Gasteiger partial charge in [-0.25, -0.2) is 0 Å². The van der Waals surface area contributed by atoms with E-state index in [1.165, 1.54) is 12.8 Å². The highest BCUT2D eigenvalue weighted by molar-refractivity contribution is 9.09. The quantitative estimate of drug-likeness (QED) is 0.729. The van der Waals surface area contributed by atoms with Crippen molar-refractivity contribution in [1.29, 1.82) is 0 Å². The molecule has 1 rings (SSSR count). The second kappa shape index (κ2) is 6.04. The maximum atomic E-state index is 11.9. The highest BCUT2D eigenvalue weighted by atomic mass is 79.9. The average Bonchev–Trinajstić information content (AvgIpc) is 2.38. The van der Waals surface area contributed by atoms with Crippen LogP contribution in [-0.2, 0) is 4.79 Å². The van der Waals surface area contributed by atoms with Crippen LogP contribution >= 0.6 is 15.9 Å². The first-order valence-electron chi connectivity index (χ1n) is 6.29. The Kier molecular flexibility index (Phi) is 5.29. The van der Waals surface area contributed by atoms with Gasteiger partial charge in [0.15, 0.2) is 0 Å². The Hall–Kier alpha value is -0.0500. The third kappa shape index (κ3) is 4.08. The second-order valence-corrected chi connectivity index (χ2v) is 6.52. The summed E-state index contributed by atoms with van der Waals surface area (Å²) in [4.78, 5) is 14.0. The molecule has 0 aromatic heterocycles. The molecular weight excluding hydrogens is 266 g/mol. The van der Waals surface area contributed by atoms with Crippen LogP contribution in [-0.4, -0.2) is 29.2 Å². The standard InChI is InChI=1S/C13H24BrNO/c1-13(2,3)11(9-14)10-15-8-6-4-5-7-12(15)16/h11H,4-10H2,1-3H3. The highest BCUT2D eigenvalue weighted by Gasteiger charge is 2.27. The van der Waals surface area contributed by atoms with Crippen molar-refractivity contribution in [2.75, 3.05) is 18.4 Å². The molecule has 0 saturated carbocycles. The van der Waals surface area contributed by atoms with E-state index in [4.69, 9.17) is 0 Å². The topological polar surface area (TPSA) is 20.3 Å². The number of amides is 1. The molecule has 1 unspecified atom stereocenters. The summed E-state index contributed by atoms with van der Waals surface area (Å²) in [6, 6.07) is 0. The number of nitrogens with zero attached hydrogens (tertiary/aromatic N) is 1. The zero-order valence-corrected chi connectivity index (χ0v) is 12.3. The van der Waals surface area contributed by atoms with E-state index < -0.39 is 0 Å². The van der Waals surface area contributed by atoms with Crippen LogP contribution in [0.25, 0.3) is 0 Å². The van der Waals surface area contributed by atoms with Crippen LogP contribution in [0.3, 0.4) is 0 Å². The largest absolute Gasteiger partial charge is 0.342 e. The van der Waals surface area contributed by atoms with E-state index in [9.17, 15) is 4.79 Å². The Balaban J connectivity index is 2.59. The summed E-state index contributed by atoms with van der Waals surface area (Å²) in [5.74, 6) is 0.891. The number of carbonyl (C=O) groups excluding carboxylic acids is 1. The molecule has 0 bridgehead atoms. The third-order valence-electron chi connectivity index (χ3n) is 3.52. The zero-order chi connectivity index (χ0) is 12.2. The predicted molar refractivity (Wildman–Crippen MR) is 71.8 cm³/mol. The smallest absolute Gasteiger partial charge is 0.222 e. The Labute approximate surface area is 108 Å². The van der Waals surface area contributed by atoms with E-state index in [-0.39, 0.29) is 5.41 Å². The summed E-state index contributed by atoms with van der Waals surface area (Å²) in [5, 5.41) is 0.972. The summed E-state index contributed by atoms with van der Waals surface area (Å²) in [7, 11) is 0. The van der Waals surface area contributed by atoms with Crippen molar-refractivity contribution >= 4 is 21.8 Å². The molecule has 0 radical (unpaired) electrons. The predicted octanol–water partition coefficient (Wildman–Crippen LogP) is 3.45. The third-order valence-corrected chi connectivity index (χ3v) is 4.30. The fourth-order valence-electron chi connectivity index (χ4n) is 2.05. The van der Waals surface area contributed by atoms with Crippen molar-refractivity contribution in [2.45, 2.75) is 46.5 Å². The van der Waals surface area contributed by atoms with E-state index in [1.807, 2.05) is 0 Å². The summed E-state index contributed by atoms with van der Waals surface area (Å²) >= 11 is 3.58. The molecule has 16 heavy (non-hydrogen) atoms. The van der Waals surface area contributed by atoms with Crippen molar-refractivity contribution in [1.82, 2.24) is 4.90 Å². The summed E-state index contributed by atoms with van der Waals surface area (Å²) < 4.78 is 0. The number of carbonyl (C=O) groups is 1. The molecule has 3 heteroatoms. The first-order valence-corrected chi connectivity index (χ1v) is 7.41. The first-order chi connectivity index (χ1) is 7.45. The number of alkyl halides is 1. The molecule has 0 N–H and O–H groups in total. The van der Waals surface area contributed by atoms with Gasteiger partial charge < -0.3 is 4.90 Å². The maximum Gasteiger partial charge on any atom is 0.222 e. The van der Waals surface area contributed by atoms with Crippen LogP contribution in [0.1, 0.15) is 46.5 Å². The van der Waals surface area contributed by atoms with Crippen LogP contribution < -0.4 is 0 Å². The zero-order valence-electron chi connectivity index (χ0n) is 10.8. The highest BCUT2D eigenvalue weighted by Crippen LogP contribution is 2.29. The number of hydrogen-bond donors (Lipinski definition) is 0. The van der Waals surface area contributed by atoms with Gasteiger partial charge in [0, 0.05) is 24.8 Å². The maximum absolute atomic E-state index is 11.9. The lowest BCUT2D eigenvalue weighted by Gasteiger charge is -2.34. The second-order valence-electron chi connectivity index (χ2n) is 5.87. The lowest BCUT2D eigenvalue weighted by molar-refractivity contribution is -0.131. The number of hydrogen-bond acceptors (Lipinski definition) is 1. The molecule has 1 atom stereocenters. The molecule has 94 valence electrons. The van der Waals surface area contributed by atoms with Crippen LogP contribution in [0.15, 0.2) is 0 Å². The fourth-order valence-corrected chi connectivity index (χ4v) is 3.23. The Morgan fingerprint density at radius 1 is 1.31 bits per heavy atom. The minimum absolute atomic E-state index is 0.260. The summed E-state index contributed by atoms with van der Waals surface area (Å²) in [6.45, 7) is 8.62. The number of rotatable bonds is 3. The normalized spacial score (nSPS) is 20.8. The van der Waals surface area contributed by atoms with Gasteiger partial charge in [0.1, 0.15) is 0 Å².